The monoisotopic (exact) mass is 302 g/mol. The topological polar surface area (TPSA) is 122 Å². The van der Waals surface area contributed by atoms with Crippen molar-refractivity contribution >= 4 is 17.4 Å². The summed E-state index contributed by atoms with van der Waals surface area (Å²) < 4.78 is 0. The van der Waals surface area contributed by atoms with E-state index in [1.165, 1.54) is 24.3 Å². The molecule has 7 nitrogen and oxygen atoms in total. The molecule has 2 rings (SSSR count). The van der Waals surface area contributed by atoms with Gasteiger partial charge >= 0.3 is 5.97 Å². The van der Waals surface area contributed by atoms with Gasteiger partial charge < -0.3 is 20.4 Å². The van der Waals surface area contributed by atoms with Gasteiger partial charge in [-0.25, -0.2) is 4.79 Å². The summed E-state index contributed by atoms with van der Waals surface area (Å²) in [6.07, 6.45) is 0. The van der Waals surface area contributed by atoms with Crippen molar-refractivity contribution in [3.05, 3.63) is 47.5 Å². The van der Waals surface area contributed by atoms with Crippen LogP contribution < -0.4 is 5.43 Å². The number of anilines is 1. The minimum absolute atomic E-state index is 0.160. The standard InChI is InChI=1S/C15H14N2O5/c1-8(11-6-7-12(18)14(20)13(11)19)16-17-10-4-2-9(3-5-10)15(21)22/h2-7,17-20H,1H3,(H,21,22). The summed E-state index contributed by atoms with van der Waals surface area (Å²) >= 11 is 0. The van der Waals surface area contributed by atoms with E-state index in [-0.39, 0.29) is 11.1 Å². The minimum Gasteiger partial charge on any atom is -0.504 e. The third-order valence-electron chi connectivity index (χ3n) is 3.00. The third kappa shape index (κ3) is 3.09. The molecule has 0 unspecified atom stereocenters. The Morgan fingerprint density at radius 1 is 1.00 bits per heavy atom. The van der Waals surface area contributed by atoms with E-state index in [1.54, 1.807) is 19.1 Å². The van der Waals surface area contributed by atoms with Crippen molar-refractivity contribution in [2.24, 2.45) is 5.10 Å². The molecule has 0 spiro atoms. The van der Waals surface area contributed by atoms with Gasteiger partial charge in [0, 0.05) is 5.56 Å². The molecule has 0 heterocycles. The van der Waals surface area contributed by atoms with Gasteiger partial charge in [0.2, 0.25) is 5.75 Å². The number of hydrogen-bond acceptors (Lipinski definition) is 6. The van der Waals surface area contributed by atoms with Crippen molar-refractivity contribution in [2.75, 3.05) is 5.43 Å². The zero-order valence-corrected chi connectivity index (χ0v) is 11.6. The quantitative estimate of drug-likeness (QED) is 0.335. The van der Waals surface area contributed by atoms with E-state index in [2.05, 4.69) is 10.5 Å². The van der Waals surface area contributed by atoms with Gasteiger partial charge in [0.15, 0.2) is 11.5 Å². The number of aromatic hydroxyl groups is 3. The van der Waals surface area contributed by atoms with Crippen molar-refractivity contribution in [3.8, 4) is 17.2 Å². The smallest absolute Gasteiger partial charge is 0.335 e. The molecular formula is C15H14N2O5. The molecule has 0 saturated heterocycles. The van der Waals surface area contributed by atoms with Crippen LogP contribution in [0.3, 0.4) is 0 Å². The fraction of sp³-hybridized carbons (Fsp3) is 0.0667. The maximum absolute atomic E-state index is 10.7. The average molecular weight is 302 g/mol. The van der Waals surface area contributed by atoms with Crippen LogP contribution in [-0.4, -0.2) is 32.1 Å². The molecule has 0 saturated carbocycles. The molecule has 5 N–H and O–H groups in total. The summed E-state index contributed by atoms with van der Waals surface area (Å²) in [5.74, 6) is -2.52. The number of carboxylic acids is 1. The highest BCUT2D eigenvalue weighted by Crippen LogP contribution is 2.37. The fourth-order valence-corrected chi connectivity index (χ4v) is 1.76. The highest BCUT2D eigenvalue weighted by atomic mass is 16.4. The van der Waals surface area contributed by atoms with Crippen molar-refractivity contribution < 1.29 is 25.2 Å². The van der Waals surface area contributed by atoms with Gasteiger partial charge in [-0.1, -0.05) is 0 Å². The number of phenols is 3. The molecule has 0 aromatic heterocycles. The number of carbonyl (C=O) groups is 1. The normalized spacial score (nSPS) is 11.2. The summed E-state index contributed by atoms with van der Waals surface area (Å²) in [4.78, 5) is 10.7. The number of nitrogens with zero attached hydrogens (tertiary/aromatic N) is 1. The molecule has 7 heteroatoms. The number of hydrazone groups is 1. The summed E-state index contributed by atoms with van der Waals surface area (Å²) in [6, 6.07) is 8.62. The zero-order chi connectivity index (χ0) is 16.3. The molecular weight excluding hydrogens is 288 g/mol. The van der Waals surface area contributed by atoms with Gasteiger partial charge in [0.05, 0.1) is 17.0 Å². The summed E-state index contributed by atoms with van der Waals surface area (Å²) in [5.41, 5.74) is 4.06. The van der Waals surface area contributed by atoms with E-state index in [0.717, 1.165) is 0 Å². The summed E-state index contributed by atoms with van der Waals surface area (Å²) in [6.45, 7) is 1.60. The Balaban J connectivity index is 2.19. The Morgan fingerprint density at radius 2 is 1.64 bits per heavy atom. The van der Waals surface area contributed by atoms with E-state index in [1.807, 2.05) is 0 Å². The number of carboxylic acid groups (broad SMARTS) is 1. The minimum atomic E-state index is -1.02. The molecule has 114 valence electrons. The lowest BCUT2D eigenvalue weighted by molar-refractivity contribution is 0.0697. The largest absolute Gasteiger partial charge is 0.504 e. The van der Waals surface area contributed by atoms with Crippen LogP contribution in [0.2, 0.25) is 0 Å². The molecule has 0 bridgehead atoms. The van der Waals surface area contributed by atoms with Crippen LogP contribution in [-0.2, 0) is 0 Å². The second-order valence-electron chi connectivity index (χ2n) is 4.52. The van der Waals surface area contributed by atoms with Gasteiger partial charge in [0.25, 0.3) is 0 Å². The lowest BCUT2D eigenvalue weighted by Gasteiger charge is -2.08. The number of benzene rings is 2. The Morgan fingerprint density at radius 3 is 2.23 bits per heavy atom. The second-order valence-corrected chi connectivity index (χ2v) is 4.52. The van der Waals surface area contributed by atoms with E-state index >= 15 is 0 Å². The SMILES string of the molecule is CC(=NNc1ccc(C(=O)O)cc1)c1ccc(O)c(O)c1O. The van der Waals surface area contributed by atoms with Crippen LogP contribution in [0.15, 0.2) is 41.5 Å². The first kappa shape index (κ1) is 15.2. The first-order valence-corrected chi connectivity index (χ1v) is 6.28. The molecule has 0 aliphatic carbocycles. The van der Waals surface area contributed by atoms with Crippen LogP contribution in [0.5, 0.6) is 17.2 Å². The van der Waals surface area contributed by atoms with Crippen molar-refractivity contribution in [3.63, 3.8) is 0 Å². The van der Waals surface area contributed by atoms with Crippen LogP contribution in [0.25, 0.3) is 0 Å². The molecule has 2 aromatic rings. The van der Waals surface area contributed by atoms with Gasteiger partial charge in [0.1, 0.15) is 0 Å². The Kier molecular flexibility index (Phi) is 4.17. The maximum atomic E-state index is 10.7. The molecule has 0 fully saturated rings. The van der Waals surface area contributed by atoms with Gasteiger partial charge in [-0.2, -0.15) is 5.10 Å². The molecule has 2 aromatic carbocycles. The highest BCUT2D eigenvalue weighted by Gasteiger charge is 2.13. The average Bonchev–Trinajstić information content (AvgIpc) is 2.51. The van der Waals surface area contributed by atoms with Crippen molar-refractivity contribution in [2.45, 2.75) is 6.92 Å². The molecule has 0 aliphatic heterocycles. The molecule has 0 atom stereocenters. The van der Waals surface area contributed by atoms with Crippen LogP contribution >= 0.6 is 0 Å². The number of aromatic carboxylic acids is 1. The van der Waals surface area contributed by atoms with Gasteiger partial charge in [-0.3, -0.25) is 5.43 Å². The van der Waals surface area contributed by atoms with Gasteiger partial charge in [-0.15, -0.1) is 0 Å². The fourth-order valence-electron chi connectivity index (χ4n) is 1.76. The molecule has 0 radical (unpaired) electrons. The summed E-state index contributed by atoms with van der Waals surface area (Å²) in [5, 5.41) is 41.3. The Labute approximate surface area is 125 Å². The summed E-state index contributed by atoms with van der Waals surface area (Å²) in [7, 11) is 0. The molecule has 22 heavy (non-hydrogen) atoms. The van der Waals surface area contributed by atoms with Gasteiger partial charge in [-0.05, 0) is 43.3 Å². The van der Waals surface area contributed by atoms with Crippen LogP contribution in [0, 0.1) is 0 Å². The second kappa shape index (κ2) is 6.04. The van der Waals surface area contributed by atoms with Crippen LogP contribution in [0.1, 0.15) is 22.8 Å². The predicted molar refractivity (Wildman–Crippen MR) is 80.7 cm³/mol. The maximum Gasteiger partial charge on any atom is 0.335 e. The molecule has 0 amide bonds. The lowest BCUT2D eigenvalue weighted by Crippen LogP contribution is -2.01. The van der Waals surface area contributed by atoms with Crippen molar-refractivity contribution in [1.82, 2.24) is 0 Å². The highest BCUT2D eigenvalue weighted by molar-refractivity contribution is 6.02. The van der Waals surface area contributed by atoms with Crippen molar-refractivity contribution in [1.29, 1.82) is 0 Å². The number of nitrogens with one attached hydrogen (secondary N) is 1. The first-order valence-electron chi connectivity index (χ1n) is 6.28. The Hall–Kier alpha value is -3.22. The lowest BCUT2D eigenvalue weighted by atomic mass is 10.1. The first-order chi connectivity index (χ1) is 10.4. The number of phenolic OH excluding ortho intramolecular Hbond substituents is 3. The number of rotatable bonds is 4. The van der Waals surface area contributed by atoms with E-state index < -0.39 is 23.2 Å². The predicted octanol–water partition coefficient (Wildman–Crippen LogP) is 2.34. The Bertz CT molecular complexity index is 738. The number of hydrogen-bond donors (Lipinski definition) is 5. The van der Waals surface area contributed by atoms with Crippen LogP contribution in [0.4, 0.5) is 5.69 Å². The van der Waals surface area contributed by atoms with E-state index in [9.17, 15) is 20.1 Å². The van der Waals surface area contributed by atoms with E-state index in [4.69, 9.17) is 5.11 Å². The third-order valence-corrected chi connectivity index (χ3v) is 3.00. The molecule has 0 aliphatic rings. The van der Waals surface area contributed by atoms with E-state index in [0.29, 0.717) is 11.4 Å². The zero-order valence-electron chi connectivity index (χ0n) is 11.6.